The first-order chi connectivity index (χ1) is 9.01. The number of carboxylic acid groups (broad SMARTS) is 1. The van der Waals surface area contributed by atoms with Crippen molar-refractivity contribution in [3.05, 3.63) is 40.2 Å². The van der Waals surface area contributed by atoms with Crippen LogP contribution in [0.15, 0.2) is 24.8 Å². The van der Waals surface area contributed by atoms with Crippen molar-refractivity contribution in [2.24, 2.45) is 0 Å². The van der Waals surface area contributed by atoms with Crippen LogP contribution in [0.3, 0.4) is 0 Å². The highest BCUT2D eigenvalue weighted by Crippen LogP contribution is 2.32. The SMILES string of the molecule is C=Cc1cc2sc(C(=O)CCC(=O)O)cc2cc1Cl. The number of carbonyl (C=O) groups excluding carboxylic acids is 1. The third kappa shape index (κ3) is 3.03. The normalized spacial score (nSPS) is 10.6. The van der Waals surface area contributed by atoms with Gasteiger partial charge in [-0.05, 0) is 29.1 Å². The van der Waals surface area contributed by atoms with E-state index in [1.165, 1.54) is 11.3 Å². The van der Waals surface area contributed by atoms with Gasteiger partial charge < -0.3 is 5.11 Å². The number of benzene rings is 1. The highest BCUT2D eigenvalue weighted by Gasteiger charge is 2.13. The van der Waals surface area contributed by atoms with Crippen LogP contribution in [0.1, 0.15) is 28.1 Å². The van der Waals surface area contributed by atoms with Crippen molar-refractivity contribution in [1.82, 2.24) is 0 Å². The second-order valence-corrected chi connectivity index (χ2v) is 5.53. The van der Waals surface area contributed by atoms with Crippen molar-refractivity contribution in [3.63, 3.8) is 0 Å². The number of ketones is 1. The van der Waals surface area contributed by atoms with Gasteiger partial charge in [-0.25, -0.2) is 0 Å². The van der Waals surface area contributed by atoms with Crippen molar-refractivity contribution in [1.29, 1.82) is 0 Å². The molecule has 19 heavy (non-hydrogen) atoms. The van der Waals surface area contributed by atoms with E-state index in [0.717, 1.165) is 15.6 Å². The third-order valence-corrected chi connectivity index (χ3v) is 4.16. The van der Waals surface area contributed by atoms with Crippen molar-refractivity contribution < 1.29 is 14.7 Å². The highest BCUT2D eigenvalue weighted by molar-refractivity contribution is 7.20. The van der Waals surface area contributed by atoms with Crippen LogP contribution in [0, 0.1) is 0 Å². The zero-order valence-corrected chi connectivity index (χ0v) is 11.6. The lowest BCUT2D eigenvalue weighted by molar-refractivity contribution is -0.136. The van der Waals surface area contributed by atoms with Crippen LogP contribution in [-0.2, 0) is 4.79 Å². The molecule has 0 aliphatic rings. The summed E-state index contributed by atoms with van der Waals surface area (Å²) in [7, 11) is 0. The molecule has 1 aromatic heterocycles. The third-order valence-electron chi connectivity index (χ3n) is 2.70. The summed E-state index contributed by atoms with van der Waals surface area (Å²) in [6.07, 6.45) is 1.53. The molecule has 0 atom stereocenters. The molecule has 0 amide bonds. The molecular formula is C14H11ClO3S. The van der Waals surface area contributed by atoms with Gasteiger partial charge in [0.25, 0.3) is 0 Å². The summed E-state index contributed by atoms with van der Waals surface area (Å²) >= 11 is 7.41. The molecule has 1 aromatic carbocycles. The number of hydrogen-bond donors (Lipinski definition) is 1. The molecule has 2 rings (SSSR count). The maximum Gasteiger partial charge on any atom is 0.303 e. The molecule has 1 heterocycles. The Morgan fingerprint density at radius 3 is 2.68 bits per heavy atom. The van der Waals surface area contributed by atoms with Crippen LogP contribution in [0.5, 0.6) is 0 Å². The Morgan fingerprint density at radius 1 is 1.32 bits per heavy atom. The van der Waals surface area contributed by atoms with E-state index in [1.807, 2.05) is 6.07 Å². The topological polar surface area (TPSA) is 54.4 Å². The monoisotopic (exact) mass is 294 g/mol. The van der Waals surface area contributed by atoms with Crippen molar-refractivity contribution in [2.45, 2.75) is 12.8 Å². The number of rotatable bonds is 5. The van der Waals surface area contributed by atoms with E-state index in [-0.39, 0.29) is 18.6 Å². The molecule has 0 radical (unpaired) electrons. The fraction of sp³-hybridized carbons (Fsp3) is 0.143. The fourth-order valence-corrected chi connectivity index (χ4v) is 3.02. The van der Waals surface area contributed by atoms with Gasteiger partial charge in [0.15, 0.2) is 5.78 Å². The van der Waals surface area contributed by atoms with Gasteiger partial charge in [0.1, 0.15) is 0 Å². The number of Topliss-reactive ketones (excluding diaryl/α,β-unsaturated/α-hetero) is 1. The standard InChI is InChI=1S/C14H11ClO3S/c1-2-8-6-12-9(5-10(8)15)7-13(19-12)11(16)3-4-14(17)18/h2,5-7H,1,3-4H2,(H,17,18). The van der Waals surface area contributed by atoms with Gasteiger partial charge in [-0.1, -0.05) is 24.3 Å². The van der Waals surface area contributed by atoms with Crippen LogP contribution < -0.4 is 0 Å². The molecule has 0 saturated heterocycles. The molecule has 0 saturated carbocycles. The average Bonchev–Trinajstić information content (AvgIpc) is 2.77. The van der Waals surface area contributed by atoms with Crippen LogP contribution in [0.4, 0.5) is 0 Å². The maximum absolute atomic E-state index is 11.9. The van der Waals surface area contributed by atoms with E-state index >= 15 is 0 Å². The lowest BCUT2D eigenvalue weighted by Gasteiger charge is -1.97. The van der Waals surface area contributed by atoms with Crippen LogP contribution in [-0.4, -0.2) is 16.9 Å². The number of aliphatic carboxylic acids is 1. The minimum atomic E-state index is -0.966. The van der Waals surface area contributed by atoms with Gasteiger partial charge in [0.05, 0.1) is 11.3 Å². The molecular weight excluding hydrogens is 284 g/mol. The Morgan fingerprint density at radius 2 is 2.05 bits per heavy atom. The van der Waals surface area contributed by atoms with Gasteiger partial charge >= 0.3 is 5.97 Å². The predicted molar refractivity (Wildman–Crippen MR) is 78.1 cm³/mol. The summed E-state index contributed by atoms with van der Waals surface area (Å²) in [6.45, 7) is 3.68. The lowest BCUT2D eigenvalue weighted by Crippen LogP contribution is -2.01. The Bertz CT molecular complexity index is 673. The first-order valence-electron chi connectivity index (χ1n) is 5.62. The van der Waals surface area contributed by atoms with Crippen LogP contribution >= 0.6 is 22.9 Å². The number of fused-ring (bicyclic) bond motifs is 1. The minimum Gasteiger partial charge on any atom is -0.481 e. The van der Waals surface area contributed by atoms with E-state index in [4.69, 9.17) is 16.7 Å². The summed E-state index contributed by atoms with van der Waals surface area (Å²) in [6, 6.07) is 5.42. The Kier molecular flexibility index (Phi) is 4.02. The first-order valence-corrected chi connectivity index (χ1v) is 6.81. The van der Waals surface area contributed by atoms with E-state index < -0.39 is 5.97 Å². The van der Waals surface area contributed by atoms with Crippen molar-refractivity contribution >= 4 is 50.9 Å². The van der Waals surface area contributed by atoms with Gasteiger partial charge in [0.2, 0.25) is 0 Å². The van der Waals surface area contributed by atoms with Crippen molar-refractivity contribution in [3.8, 4) is 0 Å². The molecule has 0 spiro atoms. The Labute approximate surface area is 119 Å². The molecule has 1 N–H and O–H groups in total. The molecule has 0 aliphatic carbocycles. The van der Waals surface area contributed by atoms with E-state index in [2.05, 4.69) is 6.58 Å². The maximum atomic E-state index is 11.9. The summed E-state index contributed by atoms with van der Waals surface area (Å²) < 4.78 is 0.943. The van der Waals surface area contributed by atoms with E-state index in [9.17, 15) is 9.59 Å². The Balaban J connectivity index is 2.33. The zero-order chi connectivity index (χ0) is 14.0. The smallest absolute Gasteiger partial charge is 0.303 e. The lowest BCUT2D eigenvalue weighted by atomic mass is 10.1. The van der Waals surface area contributed by atoms with Crippen LogP contribution in [0.25, 0.3) is 16.2 Å². The largest absolute Gasteiger partial charge is 0.481 e. The predicted octanol–water partition coefficient (Wildman–Crippen LogP) is 4.25. The van der Waals surface area contributed by atoms with Gasteiger partial charge in [-0.15, -0.1) is 11.3 Å². The van der Waals surface area contributed by atoms with E-state index in [0.29, 0.717) is 9.90 Å². The number of hydrogen-bond acceptors (Lipinski definition) is 3. The van der Waals surface area contributed by atoms with Gasteiger partial charge in [-0.2, -0.15) is 0 Å². The zero-order valence-electron chi connectivity index (χ0n) is 9.98. The van der Waals surface area contributed by atoms with Gasteiger partial charge in [-0.3, -0.25) is 9.59 Å². The molecule has 0 fully saturated rings. The number of thiophene rings is 1. The molecule has 5 heteroatoms. The molecule has 98 valence electrons. The average molecular weight is 295 g/mol. The summed E-state index contributed by atoms with van der Waals surface area (Å²) in [4.78, 5) is 22.9. The first kappa shape index (κ1) is 13.8. The molecule has 0 bridgehead atoms. The molecule has 0 aliphatic heterocycles. The summed E-state index contributed by atoms with van der Waals surface area (Å²) in [5.74, 6) is -1.12. The molecule has 3 nitrogen and oxygen atoms in total. The quantitative estimate of drug-likeness (QED) is 0.839. The number of halogens is 1. The molecule has 2 aromatic rings. The van der Waals surface area contributed by atoms with Gasteiger partial charge in [0, 0.05) is 16.1 Å². The summed E-state index contributed by atoms with van der Waals surface area (Å²) in [5, 5.41) is 10.1. The highest BCUT2D eigenvalue weighted by atomic mass is 35.5. The minimum absolute atomic E-state index is 0.0181. The number of carboxylic acids is 1. The van der Waals surface area contributed by atoms with Crippen molar-refractivity contribution in [2.75, 3.05) is 0 Å². The summed E-state index contributed by atoms with van der Waals surface area (Å²) in [5.41, 5.74) is 0.820. The molecule has 0 unspecified atom stereocenters. The van der Waals surface area contributed by atoms with E-state index in [1.54, 1.807) is 18.2 Å². The van der Waals surface area contributed by atoms with Crippen LogP contribution in [0.2, 0.25) is 5.02 Å². The number of carbonyl (C=O) groups is 2. The Hall–Kier alpha value is -1.65. The second-order valence-electron chi connectivity index (χ2n) is 4.04. The fourth-order valence-electron chi connectivity index (χ4n) is 1.71. The second kappa shape index (κ2) is 5.55.